The van der Waals surface area contributed by atoms with Crippen LogP contribution in [0.4, 0.5) is 17.1 Å². The van der Waals surface area contributed by atoms with E-state index < -0.39 is 16.2 Å². The highest BCUT2D eigenvalue weighted by molar-refractivity contribution is 7.98. The van der Waals surface area contributed by atoms with Crippen molar-refractivity contribution in [2.45, 2.75) is 31.1 Å². The number of hydrogen-bond acceptors (Lipinski definition) is 5. The molecular formula is C20H21N3O4S. The number of fused-ring (bicyclic) bond motifs is 1. The van der Waals surface area contributed by atoms with Gasteiger partial charge in [-0.15, -0.1) is 11.8 Å². The van der Waals surface area contributed by atoms with E-state index in [0.717, 1.165) is 4.90 Å². The van der Waals surface area contributed by atoms with E-state index in [1.54, 1.807) is 43.8 Å². The summed E-state index contributed by atoms with van der Waals surface area (Å²) in [6, 6.07) is 9.90. The van der Waals surface area contributed by atoms with Crippen molar-refractivity contribution >= 4 is 40.6 Å². The predicted molar refractivity (Wildman–Crippen MR) is 110 cm³/mol. The topological polar surface area (TPSA) is 92.6 Å². The van der Waals surface area contributed by atoms with E-state index in [9.17, 15) is 19.7 Å². The first-order valence-electron chi connectivity index (χ1n) is 8.81. The zero-order valence-electron chi connectivity index (χ0n) is 16.1. The number of carbonyl (C=O) groups excluding carboxylic acids is 2. The van der Waals surface area contributed by atoms with Crippen LogP contribution in [0.25, 0.3) is 0 Å². The van der Waals surface area contributed by atoms with Gasteiger partial charge in [-0.3, -0.25) is 19.7 Å². The largest absolute Gasteiger partial charge is 0.316 e. The van der Waals surface area contributed by atoms with Crippen LogP contribution in [0.15, 0.2) is 41.3 Å². The van der Waals surface area contributed by atoms with Crippen LogP contribution in [-0.2, 0) is 10.2 Å². The molecule has 2 aromatic carbocycles. The summed E-state index contributed by atoms with van der Waals surface area (Å²) >= 11 is 1.56. The molecule has 2 aromatic rings. The summed E-state index contributed by atoms with van der Waals surface area (Å²) in [5, 5.41) is 14.3. The average molecular weight is 399 g/mol. The first-order valence-corrected chi connectivity index (χ1v) is 10.0. The molecule has 0 aromatic heterocycles. The van der Waals surface area contributed by atoms with E-state index in [-0.39, 0.29) is 17.3 Å². The van der Waals surface area contributed by atoms with Crippen molar-refractivity contribution in [2.24, 2.45) is 0 Å². The Morgan fingerprint density at radius 3 is 2.43 bits per heavy atom. The number of nitro groups is 1. The van der Waals surface area contributed by atoms with Crippen molar-refractivity contribution in [1.82, 2.24) is 0 Å². The van der Waals surface area contributed by atoms with Gasteiger partial charge in [0.25, 0.3) is 11.6 Å². The smallest absolute Gasteiger partial charge is 0.294 e. The number of anilines is 2. The fourth-order valence-corrected chi connectivity index (χ4v) is 3.77. The zero-order valence-corrected chi connectivity index (χ0v) is 16.9. The fraction of sp³-hybridized carbons (Fsp3) is 0.300. The van der Waals surface area contributed by atoms with Gasteiger partial charge in [0.1, 0.15) is 5.69 Å². The molecule has 0 fully saturated rings. The summed E-state index contributed by atoms with van der Waals surface area (Å²) in [7, 11) is 0. The Balaban J connectivity index is 2.03. The first-order chi connectivity index (χ1) is 13.2. The van der Waals surface area contributed by atoms with Crippen molar-refractivity contribution < 1.29 is 14.5 Å². The highest BCUT2D eigenvalue weighted by atomic mass is 32.2. The number of hydrogen-bond donors (Lipinski definition) is 1. The Labute approximate surface area is 167 Å². The molecular weight excluding hydrogens is 378 g/mol. The summed E-state index contributed by atoms with van der Waals surface area (Å²) in [5.41, 5.74) is 0.612. The van der Waals surface area contributed by atoms with Crippen molar-refractivity contribution in [1.29, 1.82) is 0 Å². The van der Waals surface area contributed by atoms with E-state index in [1.165, 1.54) is 11.0 Å². The van der Waals surface area contributed by atoms with Gasteiger partial charge in [0.2, 0.25) is 5.91 Å². The van der Waals surface area contributed by atoms with Crippen LogP contribution in [0.3, 0.4) is 0 Å². The normalized spacial score (nSPS) is 14.7. The summed E-state index contributed by atoms with van der Waals surface area (Å²) in [5.74, 6) is -0.555. The lowest BCUT2D eigenvalue weighted by molar-refractivity contribution is -0.383. The number of nitrogens with zero attached hydrogens (tertiary/aromatic N) is 2. The molecule has 0 aliphatic carbocycles. The third kappa shape index (κ3) is 3.24. The molecule has 1 aliphatic heterocycles. The van der Waals surface area contributed by atoms with Gasteiger partial charge in [0.05, 0.1) is 16.0 Å². The number of rotatable bonds is 5. The molecule has 1 aliphatic rings. The van der Waals surface area contributed by atoms with Crippen LogP contribution in [0, 0.1) is 10.1 Å². The lowest BCUT2D eigenvalue weighted by Crippen LogP contribution is -2.35. The van der Waals surface area contributed by atoms with Gasteiger partial charge >= 0.3 is 0 Å². The summed E-state index contributed by atoms with van der Waals surface area (Å²) in [6.45, 7) is 5.80. The number of nitro benzene ring substituents is 1. The minimum absolute atomic E-state index is 0.0847. The first kappa shape index (κ1) is 19.9. The molecule has 2 amide bonds. The minimum atomic E-state index is -0.819. The van der Waals surface area contributed by atoms with Crippen molar-refractivity contribution in [3.05, 3.63) is 57.6 Å². The molecule has 28 heavy (non-hydrogen) atoms. The van der Waals surface area contributed by atoms with Gasteiger partial charge < -0.3 is 10.2 Å². The Hall–Kier alpha value is -2.87. The third-order valence-electron chi connectivity index (χ3n) is 4.97. The summed E-state index contributed by atoms with van der Waals surface area (Å²) < 4.78 is 0. The lowest BCUT2D eigenvalue weighted by atomic mass is 9.85. The molecule has 8 heteroatoms. The lowest BCUT2D eigenvalue weighted by Gasteiger charge is -2.18. The van der Waals surface area contributed by atoms with E-state index >= 15 is 0 Å². The van der Waals surface area contributed by atoms with E-state index in [1.807, 2.05) is 25.3 Å². The summed E-state index contributed by atoms with van der Waals surface area (Å²) in [4.78, 5) is 38.9. The molecule has 3 rings (SSSR count). The molecule has 1 heterocycles. The van der Waals surface area contributed by atoms with Crippen molar-refractivity contribution in [3.8, 4) is 0 Å². The maximum atomic E-state index is 12.7. The van der Waals surface area contributed by atoms with E-state index in [2.05, 4.69) is 5.32 Å². The van der Waals surface area contributed by atoms with Crippen molar-refractivity contribution in [3.63, 3.8) is 0 Å². The summed E-state index contributed by atoms with van der Waals surface area (Å²) in [6.07, 6.45) is 1.94. The highest BCUT2D eigenvalue weighted by Crippen LogP contribution is 2.45. The van der Waals surface area contributed by atoms with Gasteiger partial charge in [-0.05, 0) is 62.9 Å². The standard InChI is InChI=1S/C20H21N3O4S/c1-5-22-16-11-17(23(26)27)15(10-14(16)20(2,3)19(22)25)21-18(24)12-6-8-13(28-4)9-7-12/h6-11H,5H2,1-4H3,(H,21,24). The molecule has 0 saturated carbocycles. The molecule has 0 spiro atoms. The van der Waals surface area contributed by atoms with Crippen LogP contribution in [0.2, 0.25) is 0 Å². The molecule has 0 unspecified atom stereocenters. The molecule has 0 saturated heterocycles. The second-order valence-electron chi connectivity index (χ2n) is 7.00. The average Bonchev–Trinajstić information content (AvgIpc) is 2.86. The molecule has 0 bridgehead atoms. The number of thioether (sulfide) groups is 1. The number of amides is 2. The number of benzene rings is 2. The van der Waals surface area contributed by atoms with Crippen LogP contribution >= 0.6 is 11.8 Å². The molecule has 7 nitrogen and oxygen atoms in total. The second kappa shape index (κ2) is 7.27. The van der Waals surface area contributed by atoms with Gasteiger partial charge in [0.15, 0.2) is 0 Å². The van der Waals surface area contributed by atoms with Crippen LogP contribution < -0.4 is 10.2 Å². The third-order valence-corrected chi connectivity index (χ3v) is 5.71. The van der Waals surface area contributed by atoms with E-state index in [4.69, 9.17) is 0 Å². The van der Waals surface area contributed by atoms with E-state index in [0.29, 0.717) is 23.4 Å². The van der Waals surface area contributed by atoms with Crippen molar-refractivity contribution in [2.75, 3.05) is 23.0 Å². The maximum Gasteiger partial charge on any atom is 0.294 e. The SMILES string of the molecule is CCN1C(=O)C(C)(C)c2cc(NC(=O)c3ccc(SC)cc3)c([N+](=O)[O-])cc21. The van der Waals surface area contributed by atoms with Gasteiger partial charge in [-0.25, -0.2) is 0 Å². The number of likely N-dealkylation sites (N-methyl/N-ethyl adjacent to an activating group) is 1. The Kier molecular flexibility index (Phi) is 5.16. The van der Waals surface area contributed by atoms with Gasteiger partial charge in [-0.2, -0.15) is 0 Å². The second-order valence-corrected chi connectivity index (χ2v) is 7.88. The Morgan fingerprint density at radius 2 is 1.89 bits per heavy atom. The highest BCUT2D eigenvalue weighted by Gasteiger charge is 2.44. The van der Waals surface area contributed by atoms with Crippen LogP contribution in [0.5, 0.6) is 0 Å². The van der Waals surface area contributed by atoms with Gasteiger partial charge in [-0.1, -0.05) is 0 Å². The molecule has 1 N–H and O–H groups in total. The number of nitrogens with one attached hydrogen (secondary N) is 1. The predicted octanol–water partition coefficient (Wildman–Crippen LogP) is 4.21. The van der Waals surface area contributed by atoms with Gasteiger partial charge in [0, 0.05) is 23.1 Å². The van der Waals surface area contributed by atoms with Crippen LogP contribution in [0.1, 0.15) is 36.7 Å². The molecule has 0 radical (unpaired) electrons. The number of carbonyl (C=O) groups is 2. The fourth-order valence-electron chi connectivity index (χ4n) is 3.37. The Morgan fingerprint density at radius 1 is 1.25 bits per heavy atom. The molecule has 146 valence electrons. The van der Waals surface area contributed by atoms with Crippen LogP contribution in [-0.4, -0.2) is 29.5 Å². The Bertz CT molecular complexity index is 970. The monoisotopic (exact) mass is 399 g/mol. The quantitative estimate of drug-likeness (QED) is 0.462. The molecule has 0 atom stereocenters. The zero-order chi connectivity index (χ0) is 20.6. The minimum Gasteiger partial charge on any atom is -0.316 e. The maximum absolute atomic E-state index is 12.7.